The van der Waals surface area contributed by atoms with Crippen LogP contribution in [-0.2, 0) is 17.7 Å². The van der Waals surface area contributed by atoms with Crippen LogP contribution in [0.3, 0.4) is 0 Å². The number of hydrogen-bond donors (Lipinski definition) is 2. The molecule has 0 bridgehead atoms. The van der Waals surface area contributed by atoms with E-state index in [9.17, 15) is 9.59 Å². The summed E-state index contributed by atoms with van der Waals surface area (Å²) in [4.78, 5) is 33.0. The Morgan fingerprint density at radius 3 is 2.55 bits per heavy atom. The predicted molar refractivity (Wildman–Crippen MR) is 115 cm³/mol. The number of hydrogen-bond acceptors (Lipinski definition) is 5. The molecule has 2 heterocycles. The minimum Gasteiger partial charge on any atom is -0.465 e. The summed E-state index contributed by atoms with van der Waals surface area (Å²) in [7, 11) is 1.34. The average molecular weight is 415 g/mol. The van der Waals surface area contributed by atoms with Gasteiger partial charge in [0.1, 0.15) is 22.3 Å². The molecule has 0 amide bonds. The van der Waals surface area contributed by atoms with Crippen molar-refractivity contribution in [2.45, 2.75) is 46.7 Å². The first-order valence-corrected chi connectivity index (χ1v) is 10.7. The normalized spacial score (nSPS) is 12.5. The number of aromatic amines is 1. The van der Waals surface area contributed by atoms with Gasteiger partial charge in [0, 0.05) is 11.5 Å². The molecule has 6 nitrogen and oxygen atoms in total. The van der Waals surface area contributed by atoms with Crippen LogP contribution in [0.5, 0.6) is 0 Å². The van der Waals surface area contributed by atoms with Gasteiger partial charge in [-0.05, 0) is 24.5 Å². The van der Waals surface area contributed by atoms with E-state index in [4.69, 9.17) is 4.74 Å². The summed E-state index contributed by atoms with van der Waals surface area (Å²) in [5.74, 6) is 0.595. The first kappa shape index (κ1) is 21.2. The van der Waals surface area contributed by atoms with Crippen molar-refractivity contribution in [3.63, 3.8) is 0 Å². The average Bonchev–Trinajstić information content (AvgIpc) is 3.04. The van der Waals surface area contributed by atoms with Crippen molar-refractivity contribution in [3.05, 3.63) is 62.0 Å². The fourth-order valence-corrected chi connectivity index (χ4v) is 4.70. The summed E-state index contributed by atoms with van der Waals surface area (Å²) in [5.41, 5.74) is 3.00. The topological polar surface area (TPSA) is 88.7 Å². The van der Waals surface area contributed by atoms with E-state index in [0.29, 0.717) is 38.9 Å². The molecule has 0 aliphatic rings. The van der Waals surface area contributed by atoms with E-state index >= 15 is 0 Å². The largest absolute Gasteiger partial charge is 0.465 e. The number of ether oxygens (including phenoxy) is 1. The lowest BCUT2D eigenvalue weighted by Crippen LogP contribution is -2.85. The molecule has 2 aromatic heterocycles. The fourth-order valence-electron chi connectivity index (χ4n) is 3.58. The molecule has 0 unspecified atom stereocenters. The molecule has 0 saturated heterocycles. The Morgan fingerprint density at radius 1 is 1.28 bits per heavy atom. The van der Waals surface area contributed by atoms with Gasteiger partial charge >= 0.3 is 5.97 Å². The monoisotopic (exact) mass is 414 g/mol. The molecule has 0 radical (unpaired) electrons. The van der Waals surface area contributed by atoms with Crippen molar-refractivity contribution in [1.82, 2.24) is 9.97 Å². The molecular weight excluding hydrogens is 386 g/mol. The van der Waals surface area contributed by atoms with Crippen LogP contribution in [0.2, 0.25) is 0 Å². The van der Waals surface area contributed by atoms with Crippen LogP contribution >= 0.6 is 11.3 Å². The van der Waals surface area contributed by atoms with Crippen LogP contribution in [0.4, 0.5) is 0 Å². The summed E-state index contributed by atoms with van der Waals surface area (Å²) >= 11 is 1.21. The van der Waals surface area contributed by atoms with E-state index in [1.807, 2.05) is 0 Å². The van der Waals surface area contributed by atoms with Crippen molar-refractivity contribution in [3.8, 4) is 0 Å². The molecule has 3 aromatic rings. The molecule has 1 aromatic carbocycles. The number of aryl methyl sites for hydroxylation is 2. The van der Waals surface area contributed by atoms with E-state index in [2.05, 4.69) is 60.3 Å². The number of quaternary nitrogens is 1. The van der Waals surface area contributed by atoms with E-state index in [1.54, 1.807) is 6.92 Å². The molecule has 3 rings (SSSR count). The van der Waals surface area contributed by atoms with E-state index in [-0.39, 0.29) is 11.6 Å². The zero-order valence-corrected chi connectivity index (χ0v) is 18.4. The number of rotatable bonds is 7. The molecule has 154 valence electrons. The van der Waals surface area contributed by atoms with Gasteiger partial charge in [0.05, 0.1) is 12.5 Å². The SMILES string of the molecule is CCc1ccc([C@H]([NH2+]Cc2nc3sc(C(=O)OC)c(C)c3c(=O)[nH]2)C(C)C)cc1. The van der Waals surface area contributed by atoms with Crippen molar-refractivity contribution in [1.29, 1.82) is 0 Å². The number of carbonyl (C=O) groups excluding carboxylic acids is 1. The number of benzene rings is 1. The summed E-state index contributed by atoms with van der Waals surface area (Å²) in [5, 5.41) is 2.67. The van der Waals surface area contributed by atoms with Gasteiger partial charge in [-0.2, -0.15) is 0 Å². The second-order valence-corrected chi connectivity index (χ2v) is 8.54. The lowest BCUT2D eigenvalue weighted by Gasteiger charge is -2.19. The Hall–Kier alpha value is -2.51. The molecule has 1 atom stereocenters. The van der Waals surface area contributed by atoms with Crippen molar-refractivity contribution < 1.29 is 14.8 Å². The maximum absolute atomic E-state index is 12.6. The van der Waals surface area contributed by atoms with Crippen LogP contribution in [0.25, 0.3) is 10.2 Å². The number of carbonyl (C=O) groups is 1. The summed E-state index contributed by atoms with van der Waals surface area (Å²) < 4.78 is 4.81. The zero-order valence-electron chi connectivity index (χ0n) is 17.5. The molecule has 29 heavy (non-hydrogen) atoms. The first-order chi connectivity index (χ1) is 13.8. The van der Waals surface area contributed by atoms with Gasteiger partial charge in [-0.3, -0.25) is 4.79 Å². The minimum absolute atomic E-state index is 0.212. The lowest BCUT2D eigenvalue weighted by atomic mass is 9.95. The highest BCUT2D eigenvalue weighted by molar-refractivity contribution is 7.20. The molecule has 0 aliphatic heterocycles. The highest BCUT2D eigenvalue weighted by atomic mass is 32.1. The van der Waals surface area contributed by atoms with Crippen LogP contribution in [0, 0.1) is 12.8 Å². The van der Waals surface area contributed by atoms with Gasteiger partial charge in [0.25, 0.3) is 5.56 Å². The zero-order chi connectivity index (χ0) is 21.1. The van der Waals surface area contributed by atoms with Crippen LogP contribution in [0.1, 0.15) is 59.0 Å². The van der Waals surface area contributed by atoms with Gasteiger partial charge in [-0.15, -0.1) is 11.3 Å². The van der Waals surface area contributed by atoms with Crippen LogP contribution in [0.15, 0.2) is 29.1 Å². The highest BCUT2D eigenvalue weighted by Gasteiger charge is 2.22. The summed E-state index contributed by atoms with van der Waals surface area (Å²) in [6.45, 7) is 8.84. The van der Waals surface area contributed by atoms with Gasteiger partial charge < -0.3 is 15.0 Å². The van der Waals surface area contributed by atoms with Gasteiger partial charge in [0.2, 0.25) is 0 Å². The van der Waals surface area contributed by atoms with E-state index < -0.39 is 5.97 Å². The Bertz CT molecular complexity index is 1070. The maximum Gasteiger partial charge on any atom is 0.348 e. The maximum atomic E-state index is 12.6. The third-order valence-corrected chi connectivity index (χ3v) is 6.44. The lowest BCUT2D eigenvalue weighted by molar-refractivity contribution is -0.718. The molecule has 7 heteroatoms. The molecule has 3 N–H and O–H groups in total. The standard InChI is InChI=1S/C22H27N3O3S/c1-6-14-7-9-15(10-8-14)18(12(2)3)23-11-16-24-20(26)17-13(4)19(22(27)28-5)29-21(17)25-16/h7-10,12,18,23H,6,11H2,1-5H3,(H,24,25,26)/p+1/t18-/m1/s1. The van der Waals surface area contributed by atoms with Crippen LogP contribution in [-0.4, -0.2) is 23.0 Å². The summed E-state index contributed by atoms with van der Waals surface area (Å²) in [6, 6.07) is 8.98. The van der Waals surface area contributed by atoms with Gasteiger partial charge in [-0.25, -0.2) is 9.78 Å². The number of aromatic nitrogens is 2. The third kappa shape index (κ3) is 4.41. The number of thiophene rings is 1. The van der Waals surface area contributed by atoms with Crippen LogP contribution < -0.4 is 10.9 Å². The molecule has 0 spiro atoms. The third-order valence-electron chi connectivity index (χ3n) is 5.28. The number of esters is 1. The number of nitrogens with one attached hydrogen (secondary N) is 1. The quantitative estimate of drug-likeness (QED) is 0.582. The predicted octanol–water partition coefficient (Wildman–Crippen LogP) is 3.10. The van der Waals surface area contributed by atoms with Gasteiger partial charge in [-0.1, -0.05) is 45.0 Å². The van der Waals surface area contributed by atoms with Gasteiger partial charge in [0.15, 0.2) is 5.82 Å². The molecule has 0 saturated carbocycles. The fraction of sp³-hybridized carbons (Fsp3) is 0.409. The smallest absolute Gasteiger partial charge is 0.348 e. The highest BCUT2D eigenvalue weighted by Crippen LogP contribution is 2.27. The summed E-state index contributed by atoms with van der Waals surface area (Å²) in [6.07, 6.45) is 1.02. The number of nitrogens with zero attached hydrogens (tertiary/aromatic N) is 1. The Morgan fingerprint density at radius 2 is 1.97 bits per heavy atom. The number of fused-ring (bicyclic) bond motifs is 1. The number of methoxy groups -OCH3 is 1. The van der Waals surface area contributed by atoms with Crippen molar-refractivity contribution in [2.75, 3.05) is 7.11 Å². The Balaban J connectivity index is 1.86. The minimum atomic E-state index is -0.437. The Labute approximate surface area is 174 Å². The first-order valence-electron chi connectivity index (χ1n) is 9.88. The molecule has 0 fully saturated rings. The van der Waals surface area contributed by atoms with E-state index in [0.717, 1.165) is 6.42 Å². The second-order valence-electron chi connectivity index (χ2n) is 7.55. The second kappa shape index (κ2) is 8.88. The number of nitrogens with two attached hydrogens (primary N) is 1. The molecule has 0 aliphatic carbocycles. The molecular formula is C22H28N3O3S+. The van der Waals surface area contributed by atoms with Crippen molar-refractivity contribution in [2.24, 2.45) is 5.92 Å². The van der Waals surface area contributed by atoms with Crippen molar-refractivity contribution >= 4 is 27.5 Å². The van der Waals surface area contributed by atoms with E-state index in [1.165, 1.54) is 29.6 Å². The Kier molecular flexibility index (Phi) is 6.49. The number of H-pyrrole nitrogens is 1.